The molecule has 1 amide bonds. The molecule has 3 aromatic carbocycles. The van der Waals surface area contributed by atoms with Gasteiger partial charge in [-0.3, -0.25) is 5.32 Å². The lowest BCUT2D eigenvalue weighted by Crippen LogP contribution is -2.18. The van der Waals surface area contributed by atoms with Gasteiger partial charge in [0.1, 0.15) is 5.75 Å². The number of ether oxygens (including phenoxy) is 2. The van der Waals surface area contributed by atoms with Gasteiger partial charge < -0.3 is 19.9 Å². The van der Waals surface area contributed by atoms with Gasteiger partial charge in [-0.1, -0.05) is 30.3 Å². The van der Waals surface area contributed by atoms with Crippen LogP contribution in [0.15, 0.2) is 66.7 Å². The van der Waals surface area contributed by atoms with Gasteiger partial charge in [0, 0.05) is 28.1 Å². The van der Waals surface area contributed by atoms with Crippen molar-refractivity contribution in [2.45, 2.75) is 26.2 Å². The number of hydrogen-bond donors (Lipinski definition) is 3. The van der Waals surface area contributed by atoms with Crippen molar-refractivity contribution >= 4 is 39.3 Å². The van der Waals surface area contributed by atoms with Crippen molar-refractivity contribution in [3.63, 3.8) is 0 Å². The molecular weight excluding hydrogens is 406 g/mol. The smallest absolute Gasteiger partial charge is 0.411 e. The molecule has 7 nitrogen and oxygen atoms in total. The number of amides is 1. The normalized spacial score (nSPS) is 12.0. The van der Waals surface area contributed by atoms with Crippen LogP contribution in [0.25, 0.3) is 21.8 Å². The van der Waals surface area contributed by atoms with Gasteiger partial charge in [-0.15, -0.1) is 0 Å². The molecule has 1 aromatic heterocycles. The predicted octanol–water partition coefficient (Wildman–Crippen LogP) is 5.46. The average molecular weight is 431 g/mol. The van der Waals surface area contributed by atoms with Crippen molar-refractivity contribution in [3.8, 4) is 5.75 Å². The first-order valence-corrected chi connectivity index (χ1v) is 10.3. The van der Waals surface area contributed by atoms with Crippen molar-refractivity contribution in [1.29, 1.82) is 0 Å². The van der Waals surface area contributed by atoms with E-state index in [2.05, 4.69) is 10.6 Å². The largest absolute Gasteiger partial charge is 0.497 e. The molecule has 7 heteroatoms. The Bertz CT molecular complexity index is 1270. The number of carbonyl (C=O) groups excluding carboxylic acids is 1. The van der Waals surface area contributed by atoms with E-state index in [1.165, 1.54) is 0 Å². The van der Waals surface area contributed by atoms with Gasteiger partial charge in [0.05, 0.1) is 29.9 Å². The molecule has 0 radical (unpaired) electrons. The van der Waals surface area contributed by atoms with Crippen LogP contribution in [-0.2, 0) is 4.74 Å². The van der Waals surface area contributed by atoms with Crippen LogP contribution in [0.4, 0.5) is 16.2 Å². The van der Waals surface area contributed by atoms with Gasteiger partial charge in [-0.25, -0.2) is 9.78 Å². The maximum atomic E-state index is 11.9. The van der Waals surface area contributed by atoms with E-state index in [1.807, 2.05) is 42.5 Å². The summed E-state index contributed by atoms with van der Waals surface area (Å²) in [6.07, 6.45) is -1.79. The van der Waals surface area contributed by atoms with E-state index >= 15 is 0 Å². The van der Waals surface area contributed by atoms with Gasteiger partial charge in [0.2, 0.25) is 0 Å². The minimum absolute atomic E-state index is 0.225. The first-order valence-electron chi connectivity index (χ1n) is 10.3. The Morgan fingerprint density at radius 1 is 0.969 bits per heavy atom. The Morgan fingerprint density at radius 3 is 2.53 bits per heavy atom. The summed E-state index contributed by atoms with van der Waals surface area (Å²) in [4.78, 5) is 16.6. The fraction of sp³-hybridized carbons (Fsp3) is 0.200. The van der Waals surface area contributed by atoms with Crippen LogP contribution in [0, 0.1) is 0 Å². The van der Waals surface area contributed by atoms with Crippen LogP contribution >= 0.6 is 0 Å². The van der Waals surface area contributed by atoms with E-state index in [0.717, 1.165) is 27.5 Å². The number of aromatic nitrogens is 1. The topological polar surface area (TPSA) is 92.7 Å². The number of fused-ring (bicyclic) bond motifs is 2. The van der Waals surface area contributed by atoms with E-state index in [-0.39, 0.29) is 6.10 Å². The van der Waals surface area contributed by atoms with E-state index < -0.39 is 12.3 Å². The fourth-order valence-corrected chi connectivity index (χ4v) is 3.52. The number of methoxy groups -OCH3 is 1. The first kappa shape index (κ1) is 21.4. The molecule has 0 bridgehead atoms. The maximum absolute atomic E-state index is 11.9. The highest BCUT2D eigenvalue weighted by atomic mass is 16.6. The highest BCUT2D eigenvalue weighted by Crippen LogP contribution is 2.34. The van der Waals surface area contributed by atoms with Crippen molar-refractivity contribution in [2.24, 2.45) is 0 Å². The summed E-state index contributed by atoms with van der Waals surface area (Å²) in [6.45, 7) is 3.56. The quantitative estimate of drug-likeness (QED) is 0.277. The predicted molar refractivity (Wildman–Crippen MR) is 126 cm³/mol. The minimum atomic E-state index is -1.02. The van der Waals surface area contributed by atoms with Crippen LogP contribution in [0.5, 0.6) is 5.75 Å². The molecule has 0 saturated carbocycles. The number of anilines is 2. The van der Waals surface area contributed by atoms with Crippen molar-refractivity contribution < 1.29 is 19.4 Å². The second-order valence-electron chi connectivity index (χ2n) is 7.64. The number of para-hydroxylation sites is 1. The average Bonchev–Trinajstić information content (AvgIpc) is 2.78. The van der Waals surface area contributed by atoms with E-state index in [1.54, 1.807) is 45.2 Å². The van der Waals surface area contributed by atoms with Gasteiger partial charge in [-0.2, -0.15) is 0 Å². The van der Waals surface area contributed by atoms with E-state index in [0.29, 0.717) is 17.0 Å². The number of aliphatic hydroxyl groups excluding tert-OH is 1. The Kier molecular flexibility index (Phi) is 6.09. The zero-order valence-corrected chi connectivity index (χ0v) is 18.1. The molecule has 1 unspecified atom stereocenters. The molecule has 0 aliphatic heterocycles. The van der Waals surface area contributed by atoms with Crippen LogP contribution < -0.4 is 15.4 Å². The fourth-order valence-electron chi connectivity index (χ4n) is 3.52. The molecule has 0 spiro atoms. The van der Waals surface area contributed by atoms with Crippen LogP contribution in [0.3, 0.4) is 0 Å². The summed E-state index contributed by atoms with van der Waals surface area (Å²) in [5.74, 6) is 0.707. The van der Waals surface area contributed by atoms with Crippen LogP contribution in [0.1, 0.15) is 25.6 Å². The highest BCUT2D eigenvalue weighted by Gasteiger charge is 2.15. The third-order valence-corrected chi connectivity index (χ3v) is 4.96. The van der Waals surface area contributed by atoms with Crippen molar-refractivity contribution in [1.82, 2.24) is 4.98 Å². The number of nitrogens with one attached hydrogen (secondary N) is 2. The van der Waals surface area contributed by atoms with Crippen LogP contribution in [0.2, 0.25) is 0 Å². The molecule has 4 rings (SSSR count). The Morgan fingerprint density at radius 2 is 1.75 bits per heavy atom. The van der Waals surface area contributed by atoms with Gasteiger partial charge in [0.15, 0.2) is 6.23 Å². The number of pyridine rings is 1. The molecule has 32 heavy (non-hydrogen) atoms. The van der Waals surface area contributed by atoms with Gasteiger partial charge in [0.25, 0.3) is 0 Å². The van der Waals surface area contributed by atoms with Crippen molar-refractivity contribution in [2.75, 3.05) is 17.7 Å². The second-order valence-corrected chi connectivity index (χ2v) is 7.64. The van der Waals surface area contributed by atoms with E-state index in [9.17, 15) is 9.90 Å². The Balaban J connectivity index is 1.68. The molecule has 1 atom stereocenters. The Hall–Kier alpha value is -3.84. The summed E-state index contributed by atoms with van der Waals surface area (Å²) in [7, 11) is 1.61. The number of rotatable bonds is 6. The third kappa shape index (κ3) is 4.58. The van der Waals surface area contributed by atoms with E-state index in [4.69, 9.17) is 14.5 Å². The monoisotopic (exact) mass is 431 g/mol. The molecular formula is C25H25N3O4. The molecule has 0 saturated heterocycles. The number of carbonyl (C=O) groups is 1. The van der Waals surface area contributed by atoms with Gasteiger partial charge >= 0.3 is 6.09 Å². The minimum Gasteiger partial charge on any atom is -0.497 e. The first-order chi connectivity index (χ1) is 15.4. The highest BCUT2D eigenvalue weighted by molar-refractivity contribution is 6.07. The van der Waals surface area contributed by atoms with Crippen LogP contribution in [-0.4, -0.2) is 29.4 Å². The zero-order chi connectivity index (χ0) is 22.7. The molecule has 4 aromatic rings. The number of benzene rings is 3. The maximum Gasteiger partial charge on any atom is 0.411 e. The second kappa shape index (κ2) is 9.11. The molecule has 1 heterocycles. The Labute approximate surface area is 186 Å². The standard InChI is InChI=1S/C25H25N3O4/c1-15(2)32-25(30)26-17-8-6-7-16(13-17)24(29)28-23-19-9-4-5-10-21(19)27-22-14-18(31-3)11-12-20(22)23/h4-15,24,29H,1-3H3,(H,26,30)(H,27,28). The third-order valence-electron chi connectivity index (χ3n) is 4.96. The summed E-state index contributed by atoms with van der Waals surface area (Å²) in [5.41, 5.74) is 3.44. The van der Waals surface area contributed by atoms with Gasteiger partial charge in [-0.05, 0) is 44.2 Å². The SMILES string of the molecule is COc1ccc2c(NC(O)c3cccc(NC(=O)OC(C)C)c3)c3ccccc3nc2c1. The lowest BCUT2D eigenvalue weighted by atomic mass is 10.1. The number of nitrogens with zero attached hydrogens (tertiary/aromatic N) is 1. The molecule has 0 fully saturated rings. The molecule has 164 valence electrons. The summed E-state index contributed by atoms with van der Waals surface area (Å²) < 4.78 is 10.5. The summed E-state index contributed by atoms with van der Waals surface area (Å²) >= 11 is 0. The lowest BCUT2D eigenvalue weighted by Gasteiger charge is -2.19. The summed E-state index contributed by atoms with van der Waals surface area (Å²) in [6, 6.07) is 20.4. The van der Waals surface area contributed by atoms with Crippen molar-refractivity contribution in [3.05, 3.63) is 72.3 Å². The molecule has 3 N–H and O–H groups in total. The molecule has 0 aliphatic carbocycles. The zero-order valence-electron chi connectivity index (χ0n) is 18.1. The lowest BCUT2D eigenvalue weighted by molar-refractivity contribution is 0.130. The number of hydrogen-bond acceptors (Lipinski definition) is 6. The summed E-state index contributed by atoms with van der Waals surface area (Å²) in [5, 5.41) is 18.7. The number of aliphatic hydroxyl groups is 1. The molecule has 0 aliphatic rings.